The van der Waals surface area contributed by atoms with E-state index in [1.54, 1.807) is 11.8 Å². The van der Waals surface area contributed by atoms with Crippen LogP contribution >= 0.6 is 23.4 Å². The van der Waals surface area contributed by atoms with Gasteiger partial charge in [-0.15, -0.1) is 0 Å². The van der Waals surface area contributed by atoms with Gasteiger partial charge in [0, 0.05) is 16.2 Å². The van der Waals surface area contributed by atoms with Gasteiger partial charge < -0.3 is 10.1 Å². The maximum Gasteiger partial charge on any atom is 0.328 e. The summed E-state index contributed by atoms with van der Waals surface area (Å²) < 4.78 is 4.94. The van der Waals surface area contributed by atoms with E-state index in [1.807, 2.05) is 32.0 Å². The molecule has 1 heterocycles. The van der Waals surface area contributed by atoms with Crippen LogP contribution in [0.2, 0.25) is 5.02 Å². The zero-order valence-electron chi connectivity index (χ0n) is 13.9. The first kappa shape index (κ1) is 17.2. The van der Waals surface area contributed by atoms with Crippen LogP contribution in [0.3, 0.4) is 0 Å². The third-order valence-corrected chi connectivity index (χ3v) is 5.74. The highest BCUT2D eigenvalue weighted by Crippen LogP contribution is 2.44. The van der Waals surface area contributed by atoms with Crippen LogP contribution in [0, 0.1) is 5.92 Å². The molecule has 0 saturated heterocycles. The minimum Gasteiger partial charge on any atom is -0.467 e. The van der Waals surface area contributed by atoms with Crippen LogP contribution in [0.5, 0.6) is 0 Å². The zero-order chi connectivity index (χ0) is 17.3. The van der Waals surface area contributed by atoms with Crippen molar-refractivity contribution >= 4 is 35.0 Å². The number of esters is 1. The Morgan fingerprint density at radius 1 is 1.21 bits per heavy atom. The Morgan fingerprint density at radius 3 is 2.67 bits per heavy atom. The number of anilines is 1. The number of fused-ring (bicyclic) bond motifs is 2. The van der Waals surface area contributed by atoms with Crippen molar-refractivity contribution in [2.45, 2.75) is 36.1 Å². The molecule has 3 nitrogen and oxygen atoms in total. The summed E-state index contributed by atoms with van der Waals surface area (Å²) in [6.07, 6.45) is 0.799. The summed E-state index contributed by atoms with van der Waals surface area (Å²) in [6, 6.07) is 11.9. The van der Waals surface area contributed by atoms with Crippen molar-refractivity contribution in [3.63, 3.8) is 0 Å². The molecule has 0 aromatic heterocycles. The zero-order valence-corrected chi connectivity index (χ0v) is 15.5. The Balaban J connectivity index is 2.00. The van der Waals surface area contributed by atoms with Gasteiger partial charge in [0.05, 0.1) is 17.8 Å². The molecule has 3 rings (SSSR count). The van der Waals surface area contributed by atoms with Gasteiger partial charge in [0.15, 0.2) is 0 Å². The molecular formula is C19H20ClNO2S. The third kappa shape index (κ3) is 3.26. The molecule has 0 amide bonds. The smallest absolute Gasteiger partial charge is 0.328 e. The van der Waals surface area contributed by atoms with Gasteiger partial charge in [-0.3, -0.25) is 0 Å². The Labute approximate surface area is 151 Å². The molecule has 1 aliphatic rings. The number of ether oxygens (including phenoxy) is 1. The molecule has 126 valence electrons. The van der Waals surface area contributed by atoms with Crippen molar-refractivity contribution in [2.24, 2.45) is 5.92 Å². The first-order valence-corrected chi connectivity index (χ1v) is 9.12. The number of rotatable bonds is 4. The van der Waals surface area contributed by atoms with Crippen molar-refractivity contribution in [3.05, 3.63) is 52.5 Å². The van der Waals surface area contributed by atoms with Crippen LogP contribution < -0.4 is 5.32 Å². The number of methoxy groups -OCH3 is 1. The highest BCUT2D eigenvalue weighted by molar-refractivity contribution is 7.99. The molecule has 0 radical (unpaired) electrons. The minimum atomic E-state index is -0.429. The molecule has 0 spiro atoms. The summed E-state index contributed by atoms with van der Waals surface area (Å²) in [6.45, 7) is 3.98. The minimum absolute atomic E-state index is 0.0907. The molecule has 0 unspecified atom stereocenters. The summed E-state index contributed by atoms with van der Waals surface area (Å²) in [5.74, 6) is -0.185. The maximum absolute atomic E-state index is 12.1. The maximum atomic E-state index is 12.1. The topological polar surface area (TPSA) is 38.3 Å². The van der Waals surface area contributed by atoms with E-state index in [1.165, 1.54) is 22.5 Å². The molecule has 1 N–H and O–H groups in total. The van der Waals surface area contributed by atoms with Crippen LogP contribution in [0.4, 0.5) is 5.69 Å². The fourth-order valence-electron chi connectivity index (χ4n) is 2.87. The van der Waals surface area contributed by atoms with E-state index in [4.69, 9.17) is 16.3 Å². The molecule has 0 bridgehead atoms. The van der Waals surface area contributed by atoms with Crippen molar-refractivity contribution < 1.29 is 9.53 Å². The number of carbonyl (C=O) groups is 1. The molecule has 0 aliphatic carbocycles. The standard InChI is InChI=1S/C19H20ClNO2S/c1-11(2)17(19(22)23-3)21-18-13-10-12-6-4-5-7-15(12)24-16(13)9-8-14(18)20/h4-9,11,17,21H,10H2,1-3H3/t17-/m0/s1. The highest BCUT2D eigenvalue weighted by atomic mass is 35.5. The summed E-state index contributed by atoms with van der Waals surface area (Å²) in [5, 5.41) is 3.96. The first-order valence-electron chi connectivity index (χ1n) is 7.92. The van der Waals surface area contributed by atoms with Crippen LogP contribution in [-0.2, 0) is 16.0 Å². The number of nitrogens with one attached hydrogen (secondary N) is 1. The van der Waals surface area contributed by atoms with Gasteiger partial charge in [-0.1, -0.05) is 55.4 Å². The van der Waals surface area contributed by atoms with Gasteiger partial charge in [-0.25, -0.2) is 4.79 Å². The molecule has 1 atom stereocenters. The largest absolute Gasteiger partial charge is 0.467 e. The molecular weight excluding hydrogens is 342 g/mol. The quantitative estimate of drug-likeness (QED) is 0.663. The highest BCUT2D eigenvalue weighted by Gasteiger charge is 2.27. The lowest BCUT2D eigenvalue weighted by Crippen LogP contribution is -2.36. The number of halogens is 1. The van der Waals surface area contributed by atoms with Crippen molar-refractivity contribution in [2.75, 3.05) is 12.4 Å². The van der Waals surface area contributed by atoms with E-state index in [-0.39, 0.29) is 11.9 Å². The Kier molecular flexibility index (Phi) is 5.07. The Hall–Kier alpha value is -1.65. The van der Waals surface area contributed by atoms with Gasteiger partial charge in [0.25, 0.3) is 0 Å². The van der Waals surface area contributed by atoms with E-state index >= 15 is 0 Å². The first-order chi connectivity index (χ1) is 11.5. The fraction of sp³-hybridized carbons (Fsp3) is 0.316. The Morgan fingerprint density at radius 2 is 1.96 bits per heavy atom. The molecule has 0 fully saturated rings. The molecule has 24 heavy (non-hydrogen) atoms. The van der Waals surface area contributed by atoms with E-state index in [0.717, 1.165) is 17.7 Å². The van der Waals surface area contributed by atoms with E-state index in [2.05, 4.69) is 23.5 Å². The van der Waals surface area contributed by atoms with Crippen LogP contribution in [0.1, 0.15) is 25.0 Å². The molecule has 5 heteroatoms. The van der Waals surface area contributed by atoms with Gasteiger partial charge in [-0.05, 0) is 35.2 Å². The molecule has 0 saturated carbocycles. The van der Waals surface area contributed by atoms with Gasteiger partial charge in [0.2, 0.25) is 0 Å². The molecule has 2 aromatic carbocycles. The molecule has 2 aromatic rings. The van der Waals surface area contributed by atoms with Crippen molar-refractivity contribution in [3.8, 4) is 0 Å². The lowest BCUT2D eigenvalue weighted by Gasteiger charge is -2.27. The number of benzene rings is 2. The fourth-order valence-corrected chi connectivity index (χ4v) is 4.19. The Bertz CT molecular complexity index is 776. The lowest BCUT2D eigenvalue weighted by atomic mass is 9.99. The number of hydrogen-bond donors (Lipinski definition) is 1. The van der Waals surface area contributed by atoms with E-state index in [0.29, 0.717) is 5.02 Å². The average Bonchev–Trinajstić information content (AvgIpc) is 2.58. The predicted molar refractivity (Wildman–Crippen MR) is 99.1 cm³/mol. The normalized spacial score (nSPS) is 13.9. The van der Waals surface area contributed by atoms with Gasteiger partial charge in [-0.2, -0.15) is 0 Å². The third-order valence-electron chi connectivity index (χ3n) is 4.20. The van der Waals surface area contributed by atoms with Crippen molar-refractivity contribution in [1.82, 2.24) is 0 Å². The number of carbonyl (C=O) groups excluding carboxylic acids is 1. The SMILES string of the molecule is COC(=O)[C@@H](Nc1c(Cl)ccc2c1Cc1ccccc1S2)C(C)C. The van der Waals surface area contributed by atoms with E-state index < -0.39 is 6.04 Å². The monoisotopic (exact) mass is 361 g/mol. The summed E-state index contributed by atoms with van der Waals surface area (Å²) >= 11 is 8.20. The second-order valence-electron chi connectivity index (χ2n) is 6.17. The van der Waals surface area contributed by atoms with Crippen LogP contribution in [-0.4, -0.2) is 19.1 Å². The average molecular weight is 362 g/mol. The molecule has 1 aliphatic heterocycles. The summed E-state index contributed by atoms with van der Waals surface area (Å²) in [7, 11) is 1.41. The van der Waals surface area contributed by atoms with Crippen LogP contribution in [0.15, 0.2) is 46.2 Å². The second kappa shape index (κ2) is 7.08. The van der Waals surface area contributed by atoms with Gasteiger partial charge >= 0.3 is 5.97 Å². The van der Waals surface area contributed by atoms with Crippen LogP contribution in [0.25, 0.3) is 0 Å². The van der Waals surface area contributed by atoms with E-state index in [9.17, 15) is 4.79 Å². The summed E-state index contributed by atoms with van der Waals surface area (Å²) in [5.41, 5.74) is 3.25. The second-order valence-corrected chi connectivity index (χ2v) is 7.67. The van der Waals surface area contributed by atoms with Gasteiger partial charge in [0.1, 0.15) is 6.04 Å². The predicted octanol–water partition coefficient (Wildman–Crippen LogP) is 5.00. The summed E-state index contributed by atoms with van der Waals surface area (Å²) in [4.78, 5) is 14.5. The number of hydrogen-bond acceptors (Lipinski definition) is 4. The lowest BCUT2D eigenvalue weighted by molar-refractivity contribution is -0.142. The van der Waals surface area contributed by atoms with Crippen molar-refractivity contribution in [1.29, 1.82) is 0 Å².